The number of likely N-dealkylation sites (tertiary alicyclic amines) is 1. The number of nitrogens with zero attached hydrogens (tertiary/aromatic N) is 1. The van der Waals surface area contributed by atoms with E-state index in [1.54, 1.807) is 11.1 Å². The number of allylic oxidation sites excluding steroid dienone is 6. The summed E-state index contributed by atoms with van der Waals surface area (Å²) >= 11 is 0. The van der Waals surface area contributed by atoms with Crippen molar-refractivity contribution in [1.82, 2.24) is 4.90 Å². The lowest BCUT2D eigenvalue weighted by Crippen LogP contribution is -2.37. The average Bonchev–Trinajstić information content (AvgIpc) is 2.51. The van der Waals surface area contributed by atoms with Crippen LogP contribution in [0.3, 0.4) is 0 Å². The summed E-state index contributed by atoms with van der Waals surface area (Å²) in [6, 6.07) is 0. The molecule has 1 nitrogen and oxygen atoms in total. The Bertz CT molecular complexity index is 365. The third kappa shape index (κ3) is 1.58. The van der Waals surface area contributed by atoms with E-state index in [2.05, 4.69) is 36.3 Å². The van der Waals surface area contributed by atoms with Crippen LogP contribution in [-0.2, 0) is 0 Å². The second kappa shape index (κ2) is 3.89. The summed E-state index contributed by atoms with van der Waals surface area (Å²) in [6.45, 7) is 2.54. The molecule has 0 unspecified atom stereocenters. The fourth-order valence-corrected chi connectivity index (χ4v) is 3.48. The Kier molecular flexibility index (Phi) is 2.51. The first-order valence-corrected chi connectivity index (χ1v) is 6.55. The largest absolute Gasteiger partial charge is 0.306 e. The predicted octanol–water partition coefficient (Wildman–Crippen LogP) is 3.30. The monoisotopic (exact) mass is 215 g/mol. The maximum Gasteiger partial charge on any atom is -0.00133 e. The van der Waals surface area contributed by atoms with Gasteiger partial charge in [0.25, 0.3) is 0 Å². The van der Waals surface area contributed by atoms with Crippen LogP contribution in [0.4, 0.5) is 0 Å². The van der Waals surface area contributed by atoms with Crippen LogP contribution in [-0.4, -0.2) is 25.0 Å². The SMILES string of the molecule is CN1CCC2(CCC3=C2C=CCC=C3)CC1. The fourth-order valence-electron chi connectivity index (χ4n) is 3.48. The quantitative estimate of drug-likeness (QED) is 0.599. The summed E-state index contributed by atoms with van der Waals surface area (Å²) in [4.78, 5) is 2.47. The molecular weight excluding hydrogens is 194 g/mol. The lowest BCUT2D eigenvalue weighted by molar-refractivity contribution is 0.157. The highest BCUT2D eigenvalue weighted by Gasteiger charge is 2.40. The first kappa shape index (κ1) is 10.3. The van der Waals surface area contributed by atoms with Gasteiger partial charge in [-0.05, 0) is 68.8 Å². The standard InChI is InChI=1S/C15H21N/c1-16-11-9-15(10-12-16)8-7-13-5-3-2-4-6-14(13)15/h3-6H,2,7-12H2,1H3. The Morgan fingerprint density at radius 2 is 1.81 bits per heavy atom. The molecule has 0 amide bonds. The summed E-state index contributed by atoms with van der Waals surface area (Å²) in [6.07, 6.45) is 16.0. The van der Waals surface area contributed by atoms with E-state index in [-0.39, 0.29) is 0 Å². The molecular formula is C15H21N. The van der Waals surface area contributed by atoms with E-state index in [0.29, 0.717) is 5.41 Å². The van der Waals surface area contributed by atoms with Crippen LogP contribution in [0, 0.1) is 5.41 Å². The van der Waals surface area contributed by atoms with Crippen LogP contribution in [0.25, 0.3) is 0 Å². The molecule has 1 spiro atoms. The van der Waals surface area contributed by atoms with E-state index in [0.717, 1.165) is 6.42 Å². The molecule has 1 heterocycles. The lowest BCUT2D eigenvalue weighted by atomic mass is 9.73. The van der Waals surface area contributed by atoms with E-state index >= 15 is 0 Å². The third-order valence-corrected chi connectivity index (χ3v) is 4.61. The van der Waals surface area contributed by atoms with Gasteiger partial charge >= 0.3 is 0 Å². The van der Waals surface area contributed by atoms with Crippen molar-refractivity contribution in [2.45, 2.75) is 32.1 Å². The van der Waals surface area contributed by atoms with Gasteiger partial charge in [-0.2, -0.15) is 0 Å². The van der Waals surface area contributed by atoms with Gasteiger partial charge in [0.1, 0.15) is 0 Å². The van der Waals surface area contributed by atoms with Crippen molar-refractivity contribution < 1.29 is 0 Å². The minimum Gasteiger partial charge on any atom is -0.306 e. The first-order chi connectivity index (χ1) is 7.80. The predicted molar refractivity (Wildman–Crippen MR) is 68.3 cm³/mol. The molecule has 0 aromatic heterocycles. The highest BCUT2D eigenvalue weighted by molar-refractivity contribution is 5.44. The van der Waals surface area contributed by atoms with Gasteiger partial charge in [0.15, 0.2) is 0 Å². The van der Waals surface area contributed by atoms with Crippen molar-refractivity contribution in [3.63, 3.8) is 0 Å². The van der Waals surface area contributed by atoms with Gasteiger partial charge in [-0.3, -0.25) is 0 Å². The fraction of sp³-hybridized carbons (Fsp3) is 0.600. The van der Waals surface area contributed by atoms with Crippen molar-refractivity contribution >= 4 is 0 Å². The van der Waals surface area contributed by atoms with Crippen LogP contribution in [0.1, 0.15) is 32.1 Å². The first-order valence-electron chi connectivity index (χ1n) is 6.55. The summed E-state index contributed by atoms with van der Waals surface area (Å²) in [5.74, 6) is 0. The Balaban J connectivity index is 1.92. The molecule has 1 fully saturated rings. The third-order valence-electron chi connectivity index (χ3n) is 4.61. The highest BCUT2D eigenvalue weighted by Crippen LogP contribution is 2.51. The highest BCUT2D eigenvalue weighted by atomic mass is 15.1. The molecule has 0 aromatic carbocycles. The van der Waals surface area contributed by atoms with Gasteiger partial charge in [-0.1, -0.05) is 24.3 Å². The zero-order chi connectivity index (χ0) is 11.0. The van der Waals surface area contributed by atoms with Crippen LogP contribution in [0.5, 0.6) is 0 Å². The second-order valence-electron chi connectivity index (χ2n) is 5.56. The van der Waals surface area contributed by atoms with Gasteiger partial charge in [0.05, 0.1) is 0 Å². The van der Waals surface area contributed by atoms with Crippen molar-refractivity contribution in [1.29, 1.82) is 0 Å². The molecule has 1 heteroatoms. The zero-order valence-electron chi connectivity index (χ0n) is 10.2. The van der Waals surface area contributed by atoms with Crippen LogP contribution >= 0.6 is 0 Å². The maximum absolute atomic E-state index is 2.47. The summed E-state index contributed by atoms with van der Waals surface area (Å²) in [5.41, 5.74) is 3.83. The van der Waals surface area contributed by atoms with Crippen molar-refractivity contribution in [3.05, 3.63) is 35.5 Å². The minimum absolute atomic E-state index is 0.535. The molecule has 86 valence electrons. The Morgan fingerprint density at radius 1 is 1.06 bits per heavy atom. The van der Waals surface area contributed by atoms with Gasteiger partial charge in [0, 0.05) is 0 Å². The molecule has 0 bridgehead atoms. The normalized spacial score (nSPS) is 28.6. The van der Waals surface area contributed by atoms with Crippen molar-refractivity contribution in [2.75, 3.05) is 20.1 Å². The van der Waals surface area contributed by atoms with Crippen LogP contribution in [0.2, 0.25) is 0 Å². The molecule has 1 aliphatic heterocycles. The lowest BCUT2D eigenvalue weighted by Gasteiger charge is -2.39. The van der Waals surface area contributed by atoms with E-state index < -0.39 is 0 Å². The van der Waals surface area contributed by atoms with Crippen LogP contribution < -0.4 is 0 Å². The molecule has 16 heavy (non-hydrogen) atoms. The Labute approximate surface area is 98.5 Å². The Hall–Kier alpha value is -0.820. The number of fused-ring (bicyclic) bond motifs is 1. The average molecular weight is 215 g/mol. The topological polar surface area (TPSA) is 3.24 Å². The summed E-state index contributed by atoms with van der Waals surface area (Å²) in [7, 11) is 2.25. The maximum atomic E-state index is 2.47. The summed E-state index contributed by atoms with van der Waals surface area (Å²) < 4.78 is 0. The second-order valence-corrected chi connectivity index (χ2v) is 5.56. The van der Waals surface area contributed by atoms with E-state index in [1.807, 2.05) is 0 Å². The minimum atomic E-state index is 0.535. The molecule has 0 N–H and O–H groups in total. The number of piperidine rings is 1. The number of hydrogen-bond acceptors (Lipinski definition) is 1. The number of rotatable bonds is 0. The number of hydrogen-bond donors (Lipinski definition) is 0. The van der Waals surface area contributed by atoms with E-state index in [9.17, 15) is 0 Å². The zero-order valence-corrected chi connectivity index (χ0v) is 10.2. The molecule has 0 radical (unpaired) electrons. The van der Waals surface area contributed by atoms with E-state index in [4.69, 9.17) is 0 Å². The summed E-state index contributed by atoms with van der Waals surface area (Å²) in [5, 5.41) is 0. The smallest absolute Gasteiger partial charge is 0.00133 e. The van der Waals surface area contributed by atoms with Gasteiger partial charge in [-0.25, -0.2) is 0 Å². The molecule has 2 aliphatic carbocycles. The van der Waals surface area contributed by atoms with E-state index in [1.165, 1.54) is 38.8 Å². The van der Waals surface area contributed by atoms with Gasteiger partial charge < -0.3 is 4.90 Å². The molecule has 0 atom stereocenters. The van der Waals surface area contributed by atoms with Gasteiger partial charge in [0.2, 0.25) is 0 Å². The molecule has 3 rings (SSSR count). The van der Waals surface area contributed by atoms with Crippen LogP contribution in [0.15, 0.2) is 35.5 Å². The molecule has 3 aliphatic rings. The molecule has 0 aromatic rings. The molecule has 0 saturated carbocycles. The van der Waals surface area contributed by atoms with Crippen molar-refractivity contribution in [3.8, 4) is 0 Å². The van der Waals surface area contributed by atoms with Crippen molar-refractivity contribution in [2.24, 2.45) is 5.41 Å². The Morgan fingerprint density at radius 3 is 2.62 bits per heavy atom. The van der Waals surface area contributed by atoms with Gasteiger partial charge in [-0.15, -0.1) is 0 Å². The molecule has 1 saturated heterocycles.